The van der Waals surface area contributed by atoms with Gasteiger partial charge in [-0.3, -0.25) is 4.79 Å². The standard InChI is InChI=1S/C7H7NO4/c9-4-5-1-2-7(12-5)6(10)3-8-11/h1-3,9,11H,4H2. The van der Waals surface area contributed by atoms with Crippen molar-refractivity contribution in [3.63, 3.8) is 0 Å². The van der Waals surface area contributed by atoms with E-state index in [1.54, 1.807) is 0 Å². The lowest BCUT2D eigenvalue weighted by atomic mass is 10.3. The molecule has 0 unspecified atom stereocenters. The predicted octanol–water partition coefficient (Wildman–Crippen LogP) is 0.415. The van der Waals surface area contributed by atoms with Crippen molar-refractivity contribution in [3.8, 4) is 0 Å². The largest absolute Gasteiger partial charge is 0.455 e. The van der Waals surface area contributed by atoms with Crippen molar-refractivity contribution < 1.29 is 19.5 Å². The molecule has 0 saturated heterocycles. The van der Waals surface area contributed by atoms with Gasteiger partial charge in [0, 0.05) is 0 Å². The molecule has 1 aromatic heterocycles. The van der Waals surface area contributed by atoms with Gasteiger partial charge >= 0.3 is 0 Å². The van der Waals surface area contributed by atoms with E-state index in [0.717, 1.165) is 6.21 Å². The van der Waals surface area contributed by atoms with Crippen molar-refractivity contribution in [2.24, 2.45) is 5.16 Å². The molecule has 0 fully saturated rings. The number of aliphatic hydroxyl groups is 1. The number of hydrogen-bond acceptors (Lipinski definition) is 5. The lowest BCUT2D eigenvalue weighted by molar-refractivity contribution is 0.103. The highest BCUT2D eigenvalue weighted by atomic mass is 16.4. The van der Waals surface area contributed by atoms with Crippen LogP contribution in [0.2, 0.25) is 0 Å². The molecular formula is C7H7NO4. The van der Waals surface area contributed by atoms with Crippen molar-refractivity contribution in [2.45, 2.75) is 6.61 Å². The number of aliphatic hydroxyl groups excluding tert-OH is 1. The Bertz CT molecular complexity index is 302. The monoisotopic (exact) mass is 169 g/mol. The summed E-state index contributed by atoms with van der Waals surface area (Å²) in [6.07, 6.45) is 0.722. The van der Waals surface area contributed by atoms with Gasteiger partial charge in [0.25, 0.3) is 0 Å². The molecule has 1 aromatic rings. The Labute approximate surface area is 67.9 Å². The summed E-state index contributed by atoms with van der Waals surface area (Å²) < 4.78 is 4.85. The Morgan fingerprint density at radius 3 is 2.92 bits per heavy atom. The first-order valence-corrected chi connectivity index (χ1v) is 3.19. The summed E-state index contributed by atoms with van der Waals surface area (Å²) in [5.41, 5.74) is 0. The van der Waals surface area contributed by atoms with E-state index in [9.17, 15) is 4.79 Å². The molecule has 1 heterocycles. The van der Waals surface area contributed by atoms with Crippen LogP contribution >= 0.6 is 0 Å². The van der Waals surface area contributed by atoms with E-state index in [1.807, 2.05) is 0 Å². The Morgan fingerprint density at radius 2 is 2.42 bits per heavy atom. The molecule has 0 aliphatic heterocycles. The van der Waals surface area contributed by atoms with Crippen LogP contribution in [0.15, 0.2) is 21.7 Å². The molecule has 64 valence electrons. The summed E-state index contributed by atoms with van der Waals surface area (Å²) in [4.78, 5) is 10.9. The van der Waals surface area contributed by atoms with Crippen LogP contribution < -0.4 is 0 Å². The molecule has 0 radical (unpaired) electrons. The Balaban J connectivity index is 2.81. The molecule has 0 aromatic carbocycles. The van der Waals surface area contributed by atoms with E-state index in [0.29, 0.717) is 5.76 Å². The van der Waals surface area contributed by atoms with Gasteiger partial charge in [-0.1, -0.05) is 5.16 Å². The fourth-order valence-electron chi connectivity index (χ4n) is 0.711. The molecule has 1 rings (SSSR count). The quantitative estimate of drug-likeness (QED) is 0.297. The summed E-state index contributed by atoms with van der Waals surface area (Å²) >= 11 is 0. The minimum atomic E-state index is -0.544. The van der Waals surface area contributed by atoms with Gasteiger partial charge in [0.2, 0.25) is 5.78 Å². The van der Waals surface area contributed by atoms with Gasteiger partial charge in [0.1, 0.15) is 18.6 Å². The Kier molecular flexibility index (Phi) is 2.60. The number of nitrogens with zero attached hydrogens (tertiary/aromatic N) is 1. The summed E-state index contributed by atoms with van der Waals surface area (Å²) in [5, 5.41) is 19.1. The number of carbonyl (C=O) groups is 1. The maximum absolute atomic E-state index is 10.9. The van der Waals surface area contributed by atoms with Crippen LogP contribution in [-0.2, 0) is 6.61 Å². The van der Waals surface area contributed by atoms with E-state index in [4.69, 9.17) is 14.7 Å². The zero-order valence-electron chi connectivity index (χ0n) is 6.10. The molecule has 0 saturated carbocycles. The van der Waals surface area contributed by atoms with E-state index in [2.05, 4.69) is 5.16 Å². The minimum absolute atomic E-state index is 0.0388. The molecule has 0 aliphatic rings. The Hall–Kier alpha value is -1.62. The molecule has 2 N–H and O–H groups in total. The van der Waals surface area contributed by atoms with E-state index in [-0.39, 0.29) is 12.4 Å². The molecule has 0 atom stereocenters. The first-order chi connectivity index (χ1) is 5.77. The fraction of sp³-hybridized carbons (Fsp3) is 0.143. The van der Waals surface area contributed by atoms with Crippen LogP contribution in [-0.4, -0.2) is 22.3 Å². The maximum atomic E-state index is 10.9. The molecule has 0 spiro atoms. The molecular weight excluding hydrogens is 162 g/mol. The second-order valence-corrected chi connectivity index (χ2v) is 2.03. The van der Waals surface area contributed by atoms with E-state index >= 15 is 0 Å². The van der Waals surface area contributed by atoms with Crippen LogP contribution in [0.25, 0.3) is 0 Å². The topological polar surface area (TPSA) is 83.0 Å². The van der Waals surface area contributed by atoms with Crippen molar-refractivity contribution in [2.75, 3.05) is 0 Å². The van der Waals surface area contributed by atoms with Gasteiger partial charge in [-0.05, 0) is 12.1 Å². The van der Waals surface area contributed by atoms with Gasteiger partial charge in [-0.25, -0.2) is 0 Å². The molecule has 0 aliphatic carbocycles. The highest BCUT2D eigenvalue weighted by Gasteiger charge is 2.07. The third-order valence-electron chi connectivity index (χ3n) is 1.24. The molecule has 12 heavy (non-hydrogen) atoms. The molecule has 5 nitrogen and oxygen atoms in total. The summed E-state index contributed by atoms with van der Waals surface area (Å²) in [6, 6.07) is 2.87. The number of furan rings is 1. The lowest BCUT2D eigenvalue weighted by Gasteiger charge is -1.87. The predicted molar refractivity (Wildman–Crippen MR) is 39.2 cm³/mol. The first-order valence-electron chi connectivity index (χ1n) is 3.19. The highest BCUT2D eigenvalue weighted by molar-refractivity contribution is 6.34. The third-order valence-corrected chi connectivity index (χ3v) is 1.24. The van der Waals surface area contributed by atoms with Gasteiger partial charge in [-0.15, -0.1) is 0 Å². The molecule has 5 heteroatoms. The molecule has 0 bridgehead atoms. The Morgan fingerprint density at radius 1 is 1.67 bits per heavy atom. The number of Topliss-reactive ketones (excluding diaryl/α,β-unsaturated/α-hetero) is 1. The van der Waals surface area contributed by atoms with Crippen LogP contribution in [0.4, 0.5) is 0 Å². The van der Waals surface area contributed by atoms with Gasteiger partial charge in [0.05, 0.1) is 0 Å². The van der Waals surface area contributed by atoms with Crippen LogP contribution in [0.3, 0.4) is 0 Å². The summed E-state index contributed by atoms with van der Waals surface area (Å²) in [7, 11) is 0. The number of oxime groups is 1. The fourth-order valence-corrected chi connectivity index (χ4v) is 0.711. The number of carbonyl (C=O) groups excluding carboxylic acids is 1. The van der Waals surface area contributed by atoms with E-state index in [1.165, 1.54) is 12.1 Å². The van der Waals surface area contributed by atoms with Crippen molar-refractivity contribution in [3.05, 3.63) is 23.7 Å². The second-order valence-electron chi connectivity index (χ2n) is 2.03. The van der Waals surface area contributed by atoms with Gasteiger partial charge in [0.15, 0.2) is 5.76 Å². The zero-order chi connectivity index (χ0) is 8.97. The number of rotatable bonds is 3. The summed E-state index contributed by atoms with van der Waals surface area (Å²) in [6.45, 7) is -0.260. The zero-order valence-corrected chi connectivity index (χ0v) is 6.10. The van der Waals surface area contributed by atoms with Gasteiger partial charge < -0.3 is 14.7 Å². The number of ketones is 1. The van der Waals surface area contributed by atoms with Crippen LogP contribution in [0, 0.1) is 0 Å². The maximum Gasteiger partial charge on any atom is 0.242 e. The smallest absolute Gasteiger partial charge is 0.242 e. The summed E-state index contributed by atoms with van der Waals surface area (Å²) in [5.74, 6) is -0.210. The van der Waals surface area contributed by atoms with E-state index < -0.39 is 5.78 Å². The average molecular weight is 169 g/mol. The lowest BCUT2D eigenvalue weighted by Crippen LogP contribution is -1.97. The average Bonchev–Trinajstić information content (AvgIpc) is 2.52. The van der Waals surface area contributed by atoms with Crippen molar-refractivity contribution in [1.82, 2.24) is 0 Å². The number of hydrogen-bond donors (Lipinski definition) is 2. The molecule has 0 amide bonds. The first kappa shape index (κ1) is 8.48. The van der Waals surface area contributed by atoms with Crippen molar-refractivity contribution in [1.29, 1.82) is 0 Å². The van der Waals surface area contributed by atoms with Crippen LogP contribution in [0.5, 0.6) is 0 Å². The minimum Gasteiger partial charge on any atom is -0.455 e. The third kappa shape index (κ3) is 1.70. The van der Waals surface area contributed by atoms with Gasteiger partial charge in [-0.2, -0.15) is 0 Å². The SMILES string of the molecule is O=C(C=NO)c1ccc(CO)o1. The van der Waals surface area contributed by atoms with Crippen LogP contribution in [0.1, 0.15) is 16.3 Å². The normalized spacial score (nSPS) is 10.8. The van der Waals surface area contributed by atoms with Crippen molar-refractivity contribution >= 4 is 12.0 Å². The highest BCUT2D eigenvalue weighted by Crippen LogP contribution is 2.07. The second kappa shape index (κ2) is 3.68.